The molecule has 1 saturated heterocycles. The third kappa shape index (κ3) is 4.84. The Morgan fingerprint density at radius 1 is 1.38 bits per heavy atom. The molecule has 9 heteroatoms. The number of ketones is 1. The first kappa shape index (κ1) is 20.6. The minimum Gasteiger partial charge on any atom is -0.485 e. The molecule has 0 atom stereocenters. The summed E-state index contributed by atoms with van der Waals surface area (Å²) in [6.45, 7) is 1.55. The van der Waals surface area contributed by atoms with Crippen LogP contribution in [0.5, 0.6) is 5.75 Å². The number of benzene rings is 1. The molecule has 1 aliphatic heterocycles. The summed E-state index contributed by atoms with van der Waals surface area (Å²) in [6, 6.07) is 6.91. The van der Waals surface area contributed by atoms with Crippen molar-refractivity contribution >= 4 is 22.4 Å². The van der Waals surface area contributed by atoms with Crippen molar-refractivity contribution in [3.63, 3.8) is 0 Å². The summed E-state index contributed by atoms with van der Waals surface area (Å²) in [5.74, 6) is -0.123. The lowest BCUT2D eigenvalue weighted by molar-refractivity contribution is 0.0817. The van der Waals surface area contributed by atoms with Gasteiger partial charge in [-0.2, -0.15) is 5.26 Å². The molecule has 2 aromatic rings. The Morgan fingerprint density at radius 2 is 2.10 bits per heavy atom. The van der Waals surface area contributed by atoms with Crippen LogP contribution in [0.25, 0.3) is 10.9 Å². The van der Waals surface area contributed by atoms with Gasteiger partial charge in [0, 0.05) is 44.3 Å². The van der Waals surface area contributed by atoms with Crippen molar-refractivity contribution in [1.82, 2.24) is 9.88 Å². The summed E-state index contributed by atoms with van der Waals surface area (Å²) < 4.78 is 36.1. The molecule has 1 N–H and O–H groups in total. The number of hydrogen-bond donors (Lipinski definition) is 1. The fraction of sp³-hybridized carbons (Fsp3) is 0.400. The molecular weight excluding hydrogens is 382 g/mol. The highest BCUT2D eigenvalue weighted by molar-refractivity contribution is 6.12. The van der Waals surface area contributed by atoms with E-state index in [2.05, 4.69) is 4.98 Å². The maximum absolute atomic E-state index is 12.7. The van der Waals surface area contributed by atoms with E-state index >= 15 is 0 Å². The van der Waals surface area contributed by atoms with Crippen LogP contribution in [0.3, 0.4) is 0 Å². The van der Waals surface area contributed by atoms with Gasteiger partial charge in [0.05, 0.1) is 24.6 Å². The molecule has 1 fully saturated rings. The number of carbonyl (C=O) groups excluding carboxylic acids is 1. The van der Waals surface area contributed by atoms with Gasteiger partial charge in [0.2, 0.25) is 5.78 Å². The maximum atomic E-state index is 12.7. The number of hydrogen-bond acceptors (Lipinski definition) is 6. The first-order chi connectivity index (χ1) is 13.9. The molecule has 3 rings (SSSR count). The number of nitrogens with zero attached hydrogens (tertiary/aromatic N) is 3. The first-order valence-electron chi connectivity index (χ1n) is 9.12. The quantitative estimate of drug-likeness (QED) is 0.434. The molecule has 0 radical (unpaired) electrons. The molecule has 1 aliphatic rings. The maximum Gasteiger partial charge on any atom is 0.272 e. The zero-order valence-corrected chi connectivity index (χ0v) is 16.2. The highest BCUT2D eigenvalue weighted by Gasteiger charge is 2.21. The lowest BCUT2D eigenvalue weighted by Crippen LogP contribution is -2.36. The minimum absolute atomic E-state index is 0.0101. The number of morpholine rings is 1. The fourth-order valence-electron chi connectivity index (χ4n) is 3.13. The number of aromatic amines is 1. The molecule has 0 saturated carbocycles. The first-order valence-corrected chi connectivity index (χ1v) is 9.12. The van der Waals surface area contributed by atoms with E-state index in [1.54, 1.807) is 37.2 Å². The molecule has 0 bridgehead atoms. The number of nitriles is 1. The Morgan fingerprint density at radius 3 is 2.72 bits per heavy atom. The molecule has 1 aromatic carbocycles. The number of anilines is 1. The predicted molar refractivity (Wildman–Crippen MR) is 105 cm³/mol. The summed E-state index contributed by atoms with van der Waals surface area (Å²) in [5, 5.41) is 9.91. The third-order valence-corrected chi connectivity index (χ3v) is 4.41. The molecule has 29 heavy (non-hydrogen) atoms. The van der Waals surface area contributed by atoms with Gasteiger partial charge in [-0.3, -0.25) is 4.79 Å². The van der Waals surface area contributed by atoms with E-state index in [4.69, 9.17) is 9.47 Å². The number of carbonyl (C=O) groups is 1. The Labute approximate surface area is 167 Å². The van der Waals surface area contributed by atoms with E-state index in [0.717, 1.165) is 0 Å². The Kier molecular flexibility index (Phi) is 6.34. The Balaban J connectivity index is 2.01. The normalized spacial score (nSPS) is 14.9. The molecule has 7 nitrogen and oxygen atoms in total. The van der Waals surface area contributed by atoms with Crippen molar-refractivity contribution in [3.05, 3.63) is 35.7 Å². The zero-order chi connectivity index (χ0) is 21.0. The predicted octanol–water partition coefficient (Wildman–Crippen LogP) is 2.80. The van der Waals surface area contributed by atoms with Gasteiger partial charge in [-0.15, -0.1) is 0 Å². The molecule has 0 spiro atoms. The van der Waals surface area contributed by atoms with Crippen molar-refractivity contribution in [2.75, 3.05) is 51.9 Å². The van der Waals surface area contributed by atoms with Crippen molar-refractivity contribution in [2.24, 2.45) is 0 Å². The van der Waals surface area contributed by atoms with E-state index in [1.807, 2.05) is 11.0 Å². The largest absolute Gasteiger partial charge is 0.485 e. The van der Waals surface area contributed by atoms with E-state index in [1.165, 1.54) is 6.20 Å². The van der Waals surface area contributed by atoms with Crippen molar-refractivity contribution in [2.45, 2.75) is 6.43 Å². The van der Waals surface area contributed by atoms with Gasteiger partial charge in [-0.05, 0) is 18.2 Å². The Bertz CT molecular complexity index is 957. The summed E-state index contributed by atoms with van der Waals surface area (Å²) in [6.07, 6.45) is -1.15. The van der Waals surface area contributed by atoms with Gasteiger partial charge in [0.1, 0.15) is 24.0 Å². The molecule has 154 valence electrons. The Hall–Kier alpha value is -3.12. The van der Waals surface area contributed by atoms with Crippen LogP contribution in [0.1, 0.15) is 10.5 Å². The van der Waals surface area contributed by atoms with Crippen molar-refractivity contribution in [3.8, 4) is 11.8 Å². The van der Waals surface area contributed by atoms with Gasteiger partial charge in [0.25, 0.3) is 6.43 Å². The number of rotatable bonds is 7. The summed E-state index contributed by atoms with van der Waals surface area (Å²) in [4.78, 5) is 19.3. The number of allylic oxidation sites excluding steroid dienone is 1. The number of alkyl halides is 2. The summed E-state index contributed by atoms with van der Waals surface area (Å²) in [5.41, 5.74) is 1.55. The standard InChI is InChI=1S/C20H22F2N4O3/c1-25(2)11-14(10-23)20(27)16-7-13-8-18(29-12-19(21)22)17(9-15(13)24-16)26-3-5-28-6-4-26/h7-9,11,19,24H,3-6,12H2,1-2H3. The monoisotopic (exact) mass is 404 g/mol. The number of H-pyrrole nitrogens is 1. The smallest absolute Gasteiger partial charge is 0.272 e. The highest BCUT2D eigenvalue weighted by Crippen LogP contribution is 2.34. The van der Waals surface area contributed by atoms with Gasteiger partial charge >= 0.3 is 0 Å². The second kappa shape index (κ2) is 8.92. The molecule has 1 aromatic heterocycles. The van der Waals surface area contributed by atoms with Crippen molar-refractivity contribution in [1.29, 1.82) is 5.26 Å². The number of Topliss-reactive ketones (excluding diaryl/α,β-unsaturated/α-hetero) is 1. The topological polar surface area (TPSA) is 81.6 Å². The van der Waals surface area contributed by atoms with Gasteiger partial charge < -0.3 is 24.3 Å². The third-order valence-electron chi connectivity index (χ3n) is 4.41. The van der Waals surface area contributed by atoms with Crippen LogP contribution in [0.15, 0.2) is 30.0 Å². The van der Waals surface area contributed by atoms with Gasteiger partial charge in [-0.25, -0.2) is 8.78 Å². The van der Waals surface area contributed by atoms with Crippen LogP contribution in [-0.2, 0) is 4.74 Å². The lowest BCUT2D eigenvalue weighted by Gasteiger charge is -2.30. The second-order valence-corrected chi connectivity index (χ2v) is 6.84. The van der Waals surface area contributed by atoms with E-state index in [-0.39, 0.29) is 11.3 Å². The number of fused-ring (bicyclic) bond motifs is 1. The van der Waals surface area contributed by atoms with Crippen LogP contribution in [0.4, 0.5) is 14.5 Å². The van der Waals surface area contributed by atoms with Gasteiger partial charge in [-0.1, -0.05) is 0 Å². The summed E-state index contributed by atoms with van der Waals surface area (Å²) >= 11 is 0. The van der Waals surface area contributed by atoms with Crippen LogP contribution in [0.2, 0.25) is 0 Å². The minimum atomic E-state index is -2.60. The molecular formula is C20H22F2N4O3. The molecule has 0 unspecified atom stereocenters. The van der Waals surface area contributed by atoms with Crippen LogP contribution < -0.4 is 9.64 Å². The molecule has 2 heterocycles. The summed E-state index contributed by atoms with van der Waals surface area (Å²) in [7, 11) is 3.44. The number of nitrogens with one attached hydrogen (secondary N) is 1. The van der Waals surface area contributed by atoms with Crippen LogP contribution in [-0.4, -0.2) is 69.1 Å². The SMILES string of the molecule is CN(C)C=C(C#N)C(=O)c1cc2cc(OCC(F)F)c(N3CCOCC3)cc2[nH]1. The lowest BCUT2D eigenvalue weighted by atomic mass is 10.1. The average Bonchev–Trinajstić information content (AvgIpc) is 3.12. The van der Waals surface area contributed by atoms with Crippen LogP contribution >= 0.6 is 0 Å². The average molecular weight is 404 g/mol. The number of halogens is 2. The highest BCUT2D eigenvalue weighted by atomic mass is 19.3. The van der Waals surface area contributed by atoms with Crippen LogP contribution in [0, 0.1) is 11.3 Å². The molecule has 0 aliphatic carbocycles. The number of ether oxygens (including phenoxy) is 2. The fourth-order valence-corrected chi connectivity index (χ4v) is 3.13. The number of aromatic nitrogens is 1. The second-order valence-electron chi connectivity index (χ2n) is 6.84. The molecule has 0 amide bonds. The van der Waals surface area contributed by atoms with Crippen molar-refractivity contribution < 1.29 is 23.0 Å². The zero-order valence-electron chi connectivity index (χ0n) is 16.2. The van der Waals surface area contributed by atoms with E-state index < -0.39 is 18.8 Å². The van der Waals surface area contributed by atoms with Gasteiger partial charge in [0.15, 0.2) is 0 Å². The van der Waals surface area contributed by atoms with E-state index in [9.17, 15) is 18.8 Å². The van der Waals surface area contributed by atoms with E-state index in [0.29, 0.717) is 48.6 Å².